The van der Waals surface area contributed by atoms with E-state index < -0.39 is 0 Å². The Morgan fingerprint density at radius 1 is 1.60 bits per heavy atom. The van der Waals surface area contributed by atoms with E-state index in [-0.39, 0.29) is 12.0 Å². The molecule has 1 unspecified atom stereocenters. The lowest BCUT2D eigenvalue weighted by Gasteiger charge is -2.11. The van der Waals surface area contributed by atoms with Gasteiger partial charge in [0.1, 0.15) is 6.04 Å². The van der Waals surface area contributed by atoms with E-state index >= 15 is 0 Å². The predicted octanol–water partition coefficient (Wildman–Crippen LogP) is 2.10. The van der Waals surface area contributed by atoms with Crippen LogP contribution in [-0.4, -0.2) is 19.1 Å². The van der Waals surface area contributed by atoms with Gasteiger partial charge in [0.25, 0.3) is 0 Å². The molecule has 0 saturated heterocycles. The number of ether oxygens (including phenoxy) is 1. The van der Waals surface area contributed by atoms with Gasteiger partial charge in [-0.3, -0.25) is 4.79 Å². The number of halogens is 1. The molecule has 1 aromatic rings. The number of nitrogens with one attached hydrogen (secondary N) is 1. The molecule has 0 aliphatic heterocycles. The lowest BCUT2D eigenvalue weighted by molar-refractivity contribution is -0.142. The van der Waals surface area contributed by atoms with Crippen LogP contribution in [0.1, 0.15) is 12.5 Å². The zero-order valence-corrected chi connectivity index (χ0v) is 10.4. The SMILES string of the molecule is COC(=O)C(C)NCc1cccc(Br)c1. The molecular formula is C11H14BrNO2. The van der Waals surface area contributed by atoms with Crippen molar-refractivity contribution >= 4 is 21.9 Å². The van der Waals surface area contributed by atoms with Crippen molar-refractivity contribution in [2.24, 2.45) is 0 Å². The summed E-state index contributed by atoms with van der Waals surface area (Å²) in [5.41, 5.74) is 1.13. The molecule has 4 heteroatoms. The van der Waals surface area contributed by atoms with Gasteiger partial charge >= 0.3 is 5.97 Å². The number of methoxy groups -OCH3 is 1. The summed E-state index contributed by atoms with van der Waals surface area (Å²) >= 11 is 3.39. The molecule has 1 rings (SSSR count). The van der Waals surface area contributed by atoms with Crippen molar-refractivity contribution < 1.29 is 9.53 Å². The third-order valence-corrected chi connectivity index (χ3v) is 2.55. The molecule has 0 heterocycles. The zero-order valence-electron chi connectivity index (χ0n) is 8.79. The quantitative estimate of drug-likeness (QED) is 0.853. The van der Waals surface area contributed by atoms with E-state index in [0.29, 0.717) is 6.54 Å². The minimum Gasteiger partial charge on any atom is -0.468 e. The molecule has 0 aromatic heterocycles. The fourth-order valence-corrected chi connectivity index (χ4v) is 1.62. The Kier molecular flexibility index (Phi) is 4.78. The molecule has 82 valence electrons. The average Bonchev–Trinajstić information content (AvgIpc) is 2.25. The van der Waals surface area contributed by atoms with Crippen molar-refractivity contribution in [2.75, 3.05) is 7.11 Å². The molecule has 0 amide bonds. The van der Waals surface area contributed by atoms with Crippen LogP contribution in [-0.2, 0) is 16.1 Å². The van der Waals surface area contributed by atoms with Gasteiger partial charge in [-0.1, -0.05) is 28.1 Å². The smallest absolute Gasteiger partial charge is 0.322 e. The third kappa shape index (κ3) is 4.01. The molecule has 0 bridgehead atoms. The molecule has 3 nitrogen and oxygen atoms in total. The van der Waals surface area contributed by atoms with E-state index in [0.717, 1.165) is 10.0 Å². The van der Waals surface area contributed by atoms with E-state index in [9.17, 15) is 4.79 Å². The van der Waals surface area contributed by atoms with Gasteiger partial charge in [0.2, 0.25) is 0 Å². The highest BCUT2D eigenvalue weighted by molar-refractivity contribution is 9.10. The Labute approximate surface area is 97.9 Å². The van der Waals surface area contributed by atoms with E-state index in [1.165, 1.54) is 7.11 Å². The Bertz CT molecular complexity index is 341. The van der Waals surface area contributed by atoms with Gasteiger partial charge in [-0.2, -0.15) is 0 Å². The monoisotopic (exact) mass is 271 g/mol. The summed E-state index contributed by atoms with van der Waals surface area (Å²) in [4.78, 5) is 11.1. The Balaban J connectivity index is 2.47. The van der Waals surface area contributed by atoms with Crippen molar-refractivity contribution in [1.82, 2.24) is 5.32 Å². The lowest BCUT2D eigenvalue weighted by atomic mass is 10.2. The lowest BCUT2D eigenvalue weighted by Crippen LogP contribution is -2.34. The molecule has 1 atom stereocenters. The largest absolute Gasteiger partial charge is 0.468 e. The maximum Gasteiger partial charge on any atom is 0.322 e. The number of hydrogen-bond acceptors (Lipinski definition) is 3. The minimum absolute atomic E-state index is 0.245. The molecule has 0 aliphatic rings. The fourth-order valence-electron chi connectivity index (χ4n) is 1.18. The molecule has 0 radical (unpaired) electrons. The van der Waals surface area contributed by atoms with Crippen molar-refractivity contribution in [3.05, 3.63) is 34.3 Å². The van der Waals surface area contributed by atoms with Crippen molar-refractivity contribution in [1.29, 1.82) is 0 Å². The number of hydrogen-bond donors (Lipinski definition) is 1. The van der Waals surface area contributed by atoms with Crippen LogP contribution in [0.15, 0.2) is 28.7 Å². The standard InChI is InChI=1S/C11H14BrNO2/c1-8(11(14)15-2)13-7-9-4-3-5-10(12)6-9/h3-6,8,13H,7H2,1-2H3. The van der Waals surface area contributed by atoms with E-state index in [1.54, 1.807) is 6.92 Å². The van der Waals surface area contributed by atoms with Crippen molar-refractivity contribution in [3.63, 3.8) is 0 Å². The summed E-state index contributed by atoms with van der Waals surface area (Å²) in [5.74, 6) is -0.245. The fraction of sp³-hybridized carbons (Fsp3) is 0.364. The van der Waals surface area contributed by atoms with Crippen LogP contribution in [0.2, 0.25) is 0 Å². The molecule has 1 N–H and O–H groups in total. The highest BCUT2D eigenvalue weighted by atomic mass is 79.9. The van der Waals surface area contributed by atoms with Gasteiger partial charge in [0, 0.05) is 11.0 Å². The van der Waals surface area contributed by atoms with Crippen LogP contribution >= 0.6 is 15.9 Å². The van der Waals surface area contributed by atoms with Gasteiger partial charge in [-0.25, -0.2) is 0 Å². The van der Waals surface area contributed by atoms with Gasteiger partial charge in [-0.05, 0) is 24.6 Å². The topological polar surface area (TPSA) is 38.3 Å². The maximum absolute atomic E-state index is 11.1. The average molecular weight is 272 g/mol. The number of carbonyl (C=O) groups excluding carboxylic acids is 1. The summed E-state index contributed by atoms with van der Waals surface area (Å²) in [7, 11) is 1.39. The third-order valence-electron chi connectivity index (χ3n) is 2.06. The second-order valence-electron chi connectivity index (χ2n) is 3.26. The summed E-state index contributed by atoms with van der Waals surface area (Å²) in [6.45, 7) is 2.43. The summed E-state index contributed by atoms with van der Waals surface area (Å²) < 4.78 is 5.65. The molecule has 0 fully saturated rings. The zero-order chi connectivity index (χ0) is 11.3. The highest BCUT2D eigenvalue weighted by Crippen LogP contribution is 2.11. The van der Waals surface area contributed by atoms with Crippen LogP contribution in [0, 0.1) is 0 Å². The summed E-state index contributed by atoms with van der Waals surface area (Å²) in [6.07, 6.45) is 0. The van der Waals surface area contributed by atoms with Crippen LogP contribution < -0.4 is 5.32 Å². The number of benzene rings is 1. The van der Waals surface area contributed by atoms with Gasteiger partial charge in [0.15, 0.2) is 0 Å². The highest BCUT2D eigenvalue weighted by Gasteiger charge is 2.11. The first kappa shape index (κ1) is 12.2. The van der Waals surface area contributed by atoms with Crippen LogP contribution in [0.5, 0.6) is 0 Å². The second kappa shape index (κ2) is 5.88. The Hall–Kier alpha value is -0.870. The van der Waals surface area contributed by atoms with Gasteiger partial charge in [0.05, 0.1) is 7.11 Å². The second-order valence-corrected chi connectivity index (χ2v) is 4.17. The molecule has 0 spiro atoms. The first-order valence-corrected chi connectivity index (χ1v) is 5.48. The number of carbonyl (C=O) groups is 1. The first-order valence-electron chi connectivity index (χ1n) is 4.69. The van der Waals surface area contributed by atoms with Crippen LogP contribution in [0.25, 0.3) is 0 Å². The Morgan fingerprint density at radius 2 is 2.33 bits per heavy atom. The van der Waals surface area contributed by atoms with Crippen LogP contribution in [0.4, 0.5) is 0 Å². The molecule has 0 aliphatic carbocycles. The minimum atomic E-state index is -0.283. The maximum atomic E-state index is 11.1. The normalized spacial score (nSPS) is 12.2. The molecule has 1 aromatic carbocycles. The first-order chi connectivity index (χ1) is 7.13. The van der Waals surface area contributed by atoms with Crippen molar-refractivity contribution in [3.8, 4) is 0 Å². The van der Waals surface area contributed by atoms with E-state index in [2.05, 4.69) is 26.0 Å². The molecular weight excluding hydrogens is 258 g/mol. The van der Waals surface area contributed by atoms with Crippen LogP contribution in [0.3, 0.4) is 0 Å². The number of esters is 1. The molecule has 15 heavy (non-hydrogen) atoms. The Morgan fingerprint density at radius 3 is 2.93 bits per heavy atom. The summed E-state index contributed by atoms with van der Waals surface area (Å²) in [6, 6.07) is 7.66. The number of rotatable bonds is 4. The van der Waals surface area contributed by atoms with Crippen molar-refractivity contribution in [2.45, 2.75) is 19.5 Å². The van der Waals surface area contributed by atoms with E-state index in [1.807, 2.05) is 24.3 Å². The van der Waals surface area contributed by atoms with E-state index in [4.69, 9.17) is 0 Å². The van der Waals surface area contributed by atoms with Gasteiger partial charge in [-0.15, -0.1) is 0 Å². The predicted molar refractivity (Wildman–Crippen MR) is 62.5 cm³/mol. The van der Waals surface area contributed by atoms with Gasteiger partial charge < -0.3 is 10.1 Å². The molecule has 0 saturated carbocycles. The summed E-state index contributed by atoms with van der Waals surface area (Å²) in [5, 5.41) is 3.08.